The molecule has 4 rings (SSSR count). The molecule has 0 saturated heterocycles. The minimum Gasteiger partial charge on any atom is -0.460 e. The van der Waals surface area contributed by atoms with Crippen molar-refractivity contribution >= 4 is 18.0 Å². The Kier molecular flexibility index (Phi) is 11.4. The first-order valence-corrected chi connectivity index (χ1v) is 15.6. The van der Waals surface area contributed by atoms with Gasteiger partial charge >= 0.3 is 5.97 Å². The number of hydrogen-bond donors (Lipinski definition) is 3. The van der Waals surface area contributed by atoms with E-state index in [0.717, 1.165) is 11.3 Å². The van der Waals surface area contributed by atoms with Crippen molar-refractivity contribution in [2.24, 2.45) is 0 Å². The van der Waals surface area contributed by atoms with Crippen LogP contribution in [-0.4, -0.2) is 54.4 Å². The first kappa shape index (κ1) is 35.2. The summed E-state index contributed by atoms with van der Waals surface area (Å²) in [5.74, 6) is -1.31. The number of hydrogen-bond acceptors (Lipinski definition) is 7. The van der Waals surface area contributed by atoms with Crippen LogP contribution in [0.3, 0.4) is 0 Å². The van der Waals surface area contributed by atoms with Gasteiger partial charge in [-0.15, -0.1) is 0 Å². The van der Waals surface area contributed by atoms with Crippen molar-refractivity contribution < 1.29 is 28.9 Å². The van der Waals surface area contributed by atoms with E-state index in [4.69, 9.17) is 4.74 Å². The number of aromatic nitrogens is 3. The van der Waals surface area contributed by atoms with Crippen LogP contribution in [-0.2, 0) is 16.1 Å². The fourth-order valence-electron chi connectivity index (χ4n) is 5.31. The number of rotatable bonds is 12. The van der Waals surface area contributed by atoms with Crippen LogP contribution in [0.15, 0.2) is 73.1 Å². The van der Waals surface area contributed by atoms with Crippen molar-refractivity contribution in [3.63, 3.8) is 0 Å². The summed E-state index contributed by atoms with van der Waals surface area (Å²) >= 11 is 0. The summed E-state index contributed by atoms with van der Waals surface area (Å²) in [6.07, 6.45) is 3.85. The number of carbonyl (C=O) groups is 2. The highest BCUT2D eigenvalue weighted by molar-refractivity contribution is 6.06. The number of amides is 1. The van der Waals surface area contributed by atoms with Crippen LogP contribution >= 0.6 is 0 Å². The quantitative estimate of drug-likeness (QED) is 0.152. The number of esters is 1. The van der Waals surface area contributed by atoms with E-state index in [1.165, 1.54) is 18.2 Å². The fourth-order valence-corrected chi connectivity index (χ4v) is 5.31. The number of benzene rings is 2. The Morgan fingerprint density at radius 1 is 0.979 bits per heavy atom. The number of nitrogens with zero attached hydrogens (tertiary/aromatic N) is 3. The molecule has 0 aliphatic rings. The lowest BCUT2D eigenvalue weighted by molar-refractivity contribution is -0.157. The second kappa shape index (κ2) is 15.3. The van der Waals surface area contributed by atoms with E-state index >= 15 is 0 Å². The van der Waals surface area contributed by atoms with Crippen LogP contribution < -0.4 is 5.32 Å². The SMILES string of the molecule is Cc1cnc(CNC(=O)c2c(-c3ccccc3)c(-c3ccc(F)cc3)c(C=C[C@@H](O)C[C@@H](O)CC(=O)OC(C)(C)C)n2C(C)C)cn1. The molecule has 9 nitrogen and oxygen atoms in total. The number of halogens is 1. The Bertz CT molecular complexity index is 1690. The molecule has 2 atom stereocenters. The van der Waals surface area contributed by atoms with Crippen LogP contribution in [0, 0.1) is 12.7 Å². The average molecular weight is 643 g/mol. The van der Waals surface area contributed by atoms with E-state index in [9.17, 15) is 24.2 Å². The van der Waals surface area contributed by atoms with Gasteiger partial charge in [0.05, 0.1) is 42.8 Å². The van der Waals surface area contributed by atoms with E-state index in [-0.39, 0.29) is 31.3 Å². The Labute approximate surface area is 275 Å². The van der Waals surface area contributed by atoms with Gasteiger partial charge in [0, 0.05) is 35.5 Å². The molecule has 47 heavy (non-hydrogen) atoms. The first-order valence-electron chi connectivity index (χ1n) is 15.6. The predicted molar refractivity (Wildman–Crippen MR) is 180 cm³/mol. The van der Waals surface area contributed by atoms with E-state index in [1.54, 1.807) is 51.4 Å². The van der Waals surface area contributed by atoms with Gasteiger partial charge in [-0.05, 0) is 70.9 Å². The van der Waals surface area contributed by atoms with Crippen LogP contribution in [0.5, 0.6) is 0 Å². The average Bonchev–Trinajstić information content (AvgIpc) is 3.35. The third-order valence-corrected chi connectivity index (χ3v) is 7.25. The summed E-state index contributed by atoms with van der Waals surface area (Å²) in [4.78, 5) is 35.0. The lowest BCUT2D eigenvalue weighted by Crippen LogP contribution is -2.28. The smallest absolute Gasteiger partial charge is 0.308 e. The van der Waals surface area contributed by atoms with Crippen molar-refractivity contribution in [3.8, 4) is 22.3 Å². The molecule has 0 fully saturated rings. The summed E-state index contributed by atoms with van der Waals surface area (Å²) in [7, 11) is 0. The molecule has 248 valence electrons. The topological polar surface area (TPSA) is 127 Å². The number of ether oxygens (including phenoxy) is 1. The largest absolute Gasteiger partial charge is 0.460 e. The van der Waals surface area contributed by atoms with Crippen molar-refractivity contribution in [3.05, 3.63) is 102 Å². The summed E-state index contributed by atoms with van der Waals surface area (Å²) in [5.41, 5.74) is 4.40. The van der Waals surface area contributed by atoms with Crippen LogP contribution in [0.1, 0.15) is 81.1 Å². The molecule has 0 aliphatic carbocycles. The standard InChI is InChI=1S/C37H43FN4O5/c1-23(2)42-31(17-16-29(43)18-30(44)19-32(45)47-37(4,5)6)33(26-12-14-27(38)15-13-26)34(25-10-8-7-9-11-25)35(42)36(46)41-22-28-21-39-24(3)20-40-28/h7-17,20-21,23,29-30,43-44H,18-19,22H2,1-6H3,(H,41,46)/t29-,30-/m1/s1. The summed E-state index contributed by atoms with van der Waals surface area (Å²) in [6.45, 7) is 11.1. The first-order chi connectivity index (χ1) is 22.2. The van der Waals surface area contributed by atoms with Gasteiger partial charge < -0.3 is 24.8 Å². The third-order valence-electron chi connectivity index (χ3n) is 7.25. The molecule has 2 aromatic carbocycles. The predicted octanol–water partition coefficient (Wildman–Crippen LogP) is 6.43. The fraction of sp³-hybridized carbons (Fsp3) is 0.351. The number of aryl methyl sites for hydroxylation is 1. The summed E-state index contributed by atoms with van der Waals surface area (Å²) in [6, 6.07) is 15.3. The Hall–Kier alpha value is -4.67. The maximum absolute atomic E-state index is 14.2. The molecule has 0 saturated carbocycles. The molecule has 0 spiro atoms. The van der Waals surface area contributed by atoms with Crippen LogP contribution in [0.2, 0.25) is 0 Å². The highest BCUT2D eigenvalue weighted by Gasteiger charge is 2.29. The lowest BCUT2D eigenvalue weighted by atomic mass is 9.94. The molecule has 1 amide bonds. The molecular formula is C37H43FN4O5. The van der Waals surface area contributed by atoms with Gasteiger partial charge in [0.15, 0.2) is 0 Å². The monoisotopic (exact) mass is 642 g/mol. The van der Waals surface area contributed by atoms with E-state index in [2.05, 4.69) is 15.3 Å². The Morgan fingerprint density at radius 3 is 2.23 bits per heavy atom. The van der Waals surface area contributed by atoms with Crippen molar-refractivity contribution in [1.82, 2.24) is 19.9 Å². The third kappa shape index (κ3) is 9.43. The highest BCUT2D eigenvalue weighted by atomic mass is 19.1. The normalized spacial score (nSPS) is 13.1. The second-order valence-electron chi connectivity index (χ2n) is 12.8. The minimum absolute atomic E-state index is 0.111. The van der Waals surface area contributed by atoms with Crippen molar-refractivity contribution in [2.75, 3.05) is 0 Å². The van der Waals surface area contributed by atoms with Crippen LogP contribution in [0.25, 0.3) is 28.3 Å². The number of carbonyl (C=O) groups excluding carboxylic acids is 2. The van der Waals surface area contributed by atoms with Gasteiger partial charge in [-0.25, -0.2) is 4.39 Å². The Morgan fingerprint density at radius 2 is 1.64 bits per heavy atom. The van der Waals surface area contributed by atoms with E-state index in [0.29, 0.717) is 33.8 Å². The summed E-state index contributed by atoms with van der Waals surface area (Å²) in [5, 5.41) is 24.5. The molecule has 2 aromatic heterocycles. The lowest BCUT2D eigenvalue weighted by Gasteiger charge is -2.21. The molecule has 0 unspecified atom stereocenters. The van der Waals surface area contributed by atoms with Gasteiger partial charge in [-0.3, -0.25) is 19.6 Å². The molecule has 10 heteroatoms. The molecule has 3 N–H and O–H groups in total. The van der Waals surface area contributed by atoms with Gasteiger partial charge in [-0.1, -0.05) is 48.5 Å². The molecule has 4 aromatic rings. The van der Waals surface area contributed by atoms with Gasteiger partial charge in [-0.2, -0.15) is 0 Å². The Balaban J connectivity index is 1.81. The molecule has 0 aliphatic heterocycles. The minimum atomic E-state index is -1.14. The molecule has 2 heterocycles. The van der Waals surface area contributed by atoms with Crippen molar-refractivity contribution in [1.29, 1.82) is 0 Å². The van der Waals surface area contributed by atoms with E-state index < -0.39 is 29.6 Å². The van der Waals surface area contributed by atoms with Crippen molar-refractivity contribution in [2.45, 2.75) is 84.8 Å². The number of aliphatic hydroxyl groups excluding tert-OH is 2. The molecule has 0 bridgehead atoms. The zero-order chi connectivity index (χ0) is 34.3. The number of nitrogens with one attached hydrogen (secondary N) is 1. The number of aliphatic hydroxyl groups is 2. The second-order valence-corrected chi connectivity index (χ2v) is 12.8. The highest BCUT2D eigenvalue weighted by Crippen LogP contribution is 2.42. The maximum atomic E-state index is 14.2. The summed E-state index contributed by atoms with van der Waals surface area (Å²) < 4.78 is 21.3. The molecule has 0 radical (unpaired) electrons. The molecular weight excluding hydrogens is 599 g/mol. The van der Waals surface area contributed by atoms with Crippen LogP contribution in [0.4, 0.5) is 4.39 Å². The zero-order valence-corrected chi connectivity index (χ0v) is 27.7. The van der Waals surface area contributed by atoms with E-state index in [1.807, 2.05) is 55.7 Å². The zero-order valence-electron chi connectivity index (χ0n) is 27.7. The van der Waals surface area contributed by atoms with Gasteiger partial charge in [0.1, 0.15) is 17.1 Å². The maximum Gasteiger partial charge on any atom is 0.308 e. The van der Waals surface area contributed by atoms with Gasteiger partial charge in [0.25, 0.3) is 5.91 Å². The van der Waals surface area contributed by atoms with Gasteiger partial charge in [0.2, 0.25) is 0 Å².